The number of hydrogen-bond acceptors (Lipinski definition) is 1. The van der Waals surface area contributed by atoms with Gasteiger partial charge in [-0.2, -0.15) is 0 Å². The first-order chi connectivity index (χ1) is 9.56. The van der Waals surface area contributed by atoms with Crippen molar-refractivity contribution in [1.29, 1.82) is 0 Å². The summed E-state index contributed by atoms with van der Waals surface area (Å²) in [6, 6.07) is 12.2. The van der Waals surface area contributed by atoms with Gasteiger partial charge in [-0.3, -0.25) is 4.79 Å². The normalized spacial score (nSPS) is 10.6. The van der Waals surface area contributed by atoms with Crippen LogP contribution in [0.5, 0.6) is 0 Å². The van der Waals surface area contributed by atoms with Gasteiger partial charge in [-0.25, -0.2) is 4.39 Å². The minimum atomic E-state index is -0.383. The number of aryl methyl sites for hydroxylation is 2. The first-order valence-electron chi connectivity index (χ1n) is 6.56. The van der Waals surface area contributed by atoms with Gasteiger partial charge in [-0.1, -0.05) is 41.9 Å². The molecule has 104 valence electrons. The number of carbonyl (C=O) groups is 1. The maximum Gasteiger partial charge on any atom is 0.137 e. The molecule has 0 fully saturated rings. The smallest absolute Gasteiger partial charge is 0.137 e. The van der Waals surface area contributed by atoms with Crippen LogP contribution < -0.4 is 0 Å². The summed E-state index contributed by atoms with van der Waals surface area (Å²) >= 11 is 5.92. The Morgan fingerprint density at radius 2 is 1.90 bits per heavy atom. The van der Waals surface area contributed by atoms with Crippen LogP contribution in [0.3, 0.4) is 0 Å². The lowest BCUT2D eigenvalue weighted by Crippen LogP contribution is -2.05. The number of halogens is 2. The maximum absolute atomic E-state index is 12.9. The number of hydrogen-bond donors (Lipinski definition) is 0. The van der Waals surface area contributed by atoms with Crippen LogP contribution in [0.1, 0.15) is 23.1 Å². The highest BCUT2D eigenvalue weighted by Crippen LogP contribution is 2.19. The van der Waals surface area contributed by atoms with Crippen LogP contribution in [0.15, 0.2) is 42.5 Å². The van der Waals surface area contributed by atoms with Crippen LogP contribution in [-0.4, -0.2) is 5.78 Å². The van der Waals surface area contributed by atoms with Crippen molar-refractivity contribution in [3.05, 3.63) is 70.0 Å². The van der Waals surface area contributed by atoms with Crippen molar-refractivity contribution in [1.82, 2.24) is 0 Å². The zero-order valence-electron chi connectivity index (χ0n) is 11.3. The van der Waals surface area contributed by atoms with E-state index in [-0.39, 0.29) is 18.0 Å². The van der Waals surface area contributed by atoms with E-state index in [2.05, 4.69) is 0 Å². The highest BCUT2D eigenvalue weighted by Gasteiger charge is 2.09. The van der Waals surface area contributed by atoms with E-state index in [0.717, 1.165) is 6.42 Å². The topological polar surface area (TPSA) is 17.1 Å². The molecule has 0 aliphatic carbocycles. The Hall–Kier alpha value is -1.67. The fraction of sp³-hybridized carbons (Fsp3) is 0.235. The van der Waals surface area contributed by atoms with E-state index in [9.17, 15) is 9.18 Å². The zero-order valence-corrected chi connectivity index (χ0v) is 12.1. The van der Waals surface area contributed by atoms with Gasteiger partial charge in [0.05, 0.1) is 0 Å². The molecule has 0 N–H and O–H groups in total. The number of carbonyl (C=O) groups excluding carboxylic acids is 1. The lowest BCUT2D eigenvalue weighted by molar-refractivity contribution is -0.118. The Morgan fingerprint density at radius 3 is 2.60 bits per heavy atom. The molecule has 0 aromatic heterocycles. The minimum absolute atomic E-state index is 0.113. The summed E-state index contributed by atoms with van der Waals surface area (Å²) in [4.78, 5) is 12.0. The molecule has 2 rings (SSSR count). The molecule has 0 heterocycles. The third kappa shape index (κ3) is 3.91. The average molecular weight is 291 g/mol. The fourth-order valence-electron chi connectivity index (χ4n) is 2.13. The predicted molar refractivity (Wildman–Crippen MR) is 79.6 cm³/mol. The van der Waals surface area contributed by atoms with Gasteiger partial charge in [0.1, 0.15) is 11.6 Å². The molecule has 1 nitrogen and oxygen atoms in total. The standard InChI is InChI=1S/C17H16ClFO/c1-12-4-2-3-5-13(12)7-9-16(20)10-14-6-8-15(19)11-17(14)18/h2-6,8,11H,7,9-10H2,1H3. The van der Waals surface area contributed by atoms with E-state index in [4.69, 9.17) is 11.6 Å². The summed E-state index contributed by atoms with van der Waals surface area (Å²) in [5.74, 6) is -0.270. The Labute approximate surface area is 123 Å². The largest absolute Gasteiger partial charge is 0.299 e. The van der Waals surface area contributed by atoms with E-state index in [1.54, 1.807) is 6.07 Å². The Balaban J connectivity index is 1.94. The summed E-state index contributed by atoms with van der Waals surface area (Å²) in [5.41, 5.74) is 3.06. The van der Waals surface area contributed by atoms with Crippen LogP contribution in [0.4, 0.5) is 4.39 Å². The van der Waals surface area contributed by atoms with Gasteiger partial charge in [0, 0.05) is 17.9 Å². The molecule has 0 saturated heterocycles. The Bertz CT molecular complexity index is 622. The summed E-state index contributed by atoms with van der Waals surface area (Å²) < 4.78 is 12.9. The van der Waals surface area contributed by atoms with Crippen molar-refractivity contribution >= 4 is 17.4 Å². The molecule has 2 aromatic carbocycles. The van der Waals surface area contributed by atoms with Gasteiger partial charge in [-0.05, 0) is 42.2 Å². The maximum atomic E-state index is 12.9. The Kier molecular flexibility index (Phi) is 4.91. The lowest BCUT2D eigenvalue weighted by Gasteiger charge is -2.06. The minimum Gasteiger partial charge on any atom is -0.299 e. The van der Waals surface area contributed by atoms with Crippen LogP contribution >= 0.6 is 11.6 Å². The number of benzene rings is 2. The lowest BCUT2D eigenvalue weighted by atomic mass is 10.00. The van der Waals surface area contributed by atoms with Gasteiger partial charge in [-0.15, -0.1) is 0 Å². The van der Waals surface area contributed by atoms with Crippen molar-refractivity contribution < 1.29 is 9.18 Å². The second-order valence-corrected chi connectivity index (χ2v) is 5.28. The molecule has 0 saturated carbocycles. The van der Waals surface area contributed by atoms with Crippen molar-refractivity contribution in [2.75, 3.05) is 0 Å². The van der Waals surface area contributed by atoms with Gasteiger partial charge in [0.2, 0.25) is 0 Å². The first-order valence-corrected chi connectivity index (χ1v) is 6.94. The third-order valence-corrected chi connectivity index (χ3v) is 3.69. The SMILES string of the molecule is Cc1ccccc1CCC(=O)Cc1ccc(F)cc1Cl. The van der Waals surface area contributed by atoms with Crippen molar-refractivity contribution in [3.63, 3.8) is 0 Å². The highest BCUT2D eigenvalue weighted by atomic mass is 35.5. The van der Waals surface area contributed by atoms with E-state index in [1.165, 1.54) is 23.3 Å². The monoisotopic (exact) mass is 290 g/mol. The van der Waals surface area contributed by atoms with E-state index >= 15 is 0 Å². The van der Waals surface area contributed by atoms with Gasteiger partial charge < -0.3 is 0 Å². The summed E-state index contributed by atoms with van der Waals surface area (Å²) in [5, 5.41) is 0.314. The summed E-state index contributed by atoms with van der Waals surface area (Å²) in [6.45, 7) is 2.04. The van der Waals surface area contributed by atoms with Crippen LogP contribution in [0.2, 0.25) is 5.02 Å². The van der Waals surface area contributed by atoms with Crippen LogP contribution in [-0.2, 0) is 17.6 Å². The average Bonchev–Trinajstić information content (AvgIpc) is 2.41. The molecule has 0 aliphatic heterocycles. The molecule has 0 radical (unpaired) electrons. The summed E-state index contributed by atoms with van der Waals surface area (Å²) in [7, 11) is 0. The molecule has 20 heavy (non-hydrogen) atoms. The quantitative estimate of drug-likeness (QED) is 0.790. The molecule has 0 aliphatic rings. The first kappa shape index (κ1) is 14.7. The number of Topliss-reactive ketones (excluding diaryl/α,β-unsaturated/α-hetero) is 1. The summed E-state index contributed by atoms with van der Waals surface area (Å²) in [6.07, 6.45) is 1.45. The van der Waals surface area contributed by atoms with Gasteiger partial charge >= 0.3 is 0 Å². The van der Waals surface area contributed by atoms with Gasteiger partial charge in [0.15, 0.2) is 0 Å². The third-order valence-electron chi connectivity index (χ3n) is 3.34. The van der Waals surface area contributed by atoms with E-state index < -0.39 is 0 Å². The molecule has 2 aromatic rings. The van der Waals surface area contributed by atoms with Crippen LogP contribution in [0, 0.1) is 12.7 Å². The molecular weight excluding hydrogens is 275 g/mol. The van der Waals surface area contributed by atoms with Crippen molar-refractivity contribution in [2.45, 2.75) is 26.2 Å². The molecule has 0 amide bonds. The molecule has 0 atom stereocenters. The zero-order chi connectivity index (χ0) is 14.5. The van der Waals surface area contributed by atoms with Gasteiger partial charge in [0.25, 0.3) is 0 Å². The second kappa shape index (κ2) is 6.67. The van der Waals surface area contributed by atoms with Crippen molar-refractivity contribution in [3.8, 4) is 0 Å². The predicted octanol–water partition coefficient (Wildman–Crippen LogP) is 4.53. The molecule has 0 unspecified atom stereocenters. The molecule has 0 spiro atoms. The molecular formula is C17H16ClFO. The second-order valence-electron chi connectivity index (χ2n) is 4.88. The van der Waals surface area contributed by atoms with E-state index in [0.29, 0.717) is 17.0 Å². The number of ketones is 1. The van der Waals surface area contributed by atoms with Crippen LogP contribution in [0.25, 0.3) is 0 Å². The van der Waals surface area contributed by atoms with E-state index in [1.807, 2.05) is 31.2 Å². The molecule has 0 bridgehead atoms. The number of rotatable bonds is 5. The molecule has 3 heteroatoms. The van der Waals surface area contributed by atoms with Crippen molar-refractivity contribution in [2.24, 2.45) is 0 Å². The Morgan fingerprint density at radius 1 is 1.15 bits per heavy atom. The highest BCUT2D eigenvalue weighted by molar-refractivity contribution is 6.31. The fourth-order valence-corrected chi connectivity index (χ4v) is 2.36.